The van der Waals surface area contributed by atoms with Gasteiger partial charge in [-0.1, -0.05) is 180 Å². The summed E-state index contributed by atoms with van der Waals surface area (Å²) < 4.78 is 34.3. The number of nitrogens with zero attached hydrogens (tertiary/aromatic N) is 9. The lowest BCUT2D eigenvalue weighted by molar-refractivity contribution is 0.0514. The van der Waals surface area contributed by atoms with Crippen LogP contribution in [0, 0.1) is 5.82 Å². The molecule has 3 aromatic heterocycles. The Morgan fingerprint density at radius 2 is 0.609 bits per heavy atom. The molecule has 3 amide bonds. The van der Waals surface area contributed by atoms with Gasteiger partial charge in [0.25, 0.3) is 34.4 Å². The molecule has 3 saturated heterocycles. The number of hydrogen-bond acceptors (Lipinski definition) is 15. The highest BCUT2D eigenvalue weighted by atomic mass is 35.5. The van der Waals surface area contributed by atoms with Crippen LogP contribution in [0.2, 0.25) is 15.1 Å². The number of aromatic nitrogens is 3. The van der Waals surface area contributed by atoms with Gasteiger partial charge in [0.05, 0.1) is 83.1 Å². The van der Waals surface area contributed by atoms with E-state index in [4.69, 9.17) is 49.0 Å². The average Bonchev–Trinajstić information content (AvgIpc) is 0.755. The third-order valence-electron chi connectivity index (χ3n) is 20.4. The van der Waals surface area contributed by atoms with E-state index >= 15 is 0 Å². The number of carbonyl (C=O) groups excluding carboxylic acids is 6. The molecule has 115 heavy (non-hydrogen) atoms. The number of amides is 3. The molecule has 0 atom stereocenters. The van der Waals surface area contributed by atoms with Gasteiger partial charge < -0.3 is 57.3 Å². The zero-order valence-electron chi connectivity index (χ0n) is 63.6. The molecule has 6 heterocycles. The fourth-order valence-corrected chi connectivity index (χ4v) is 15.3. The second-order valence-electron chi connectivity index (χ2n) is 27.5. The number of hydrogen-bond donors (Lipinski definition) is 0. The summed E-state index contributed by atoms with van der Waals surface area (Å²) in [6.07, 6.45) is 0. The molecule has 9 aromatic carbocycles. The second-order valence-corrected chi connectivity index (χ2v) is 28.7. The molecule has 588 valence electrons. The predicted octanol–water partition coefficient (Wildman–Crippen LogP) is 14.7. The zero-order valence-corrected chi connectivity index (χ0v) is 65.9. The largest absolute Gasteiger partial charge is 0.462 e. The molecule has 0 radical (unpaired) electrons. The zero-order chi connectivity index (χ0) is 80.8. The molecule has 21 nitrogen and oxygen atoms in total. The second kappa shape index (κ2) is 37.1. The topological polar surface area (TPSA) is 216 Å². The summed E-state index contributed by atoms with van der Waals surface area (Å²) in [7, 11) is 0. The molecular weight excluding hydrogens is 1520 g/mol. The van der Waals surface area contributed by atoms with E-state index in [1.54, 1.807) is 91.6 Å². The van der Waals surface area contributed by atoms with E-state index in [0.29, 0.717) is 153 Å². The molecule has 0 spiro atoms. The molecule has 0 N–H and O–H groups in total. The summed E-state index contributed by atoms with van der Waals surface area (Å²) >= 11 is 18.1. The van der Waals surface area contributed by atoms with Crippen LogP contribution in [-0.2, 0) is 33.8 Å². The standard InChI is InChI=1S/C30H27Cl2N3O4.C30H28ClN3O4.C30H28FN3O4/c1-2-39-30(38)26-27(33-14-16-34(17-15-33)28(36)21-12-13-23(31)24(32)18-21)22-10-6-7-11-25(22)35(29(26)37)19-20-8-4-3-5-9-20;2*1-2-38-30(37)26-27(32-16-18-33(19-17-32)28(35)22-12-14-23(31)15-13-22)24-10-6-7-11-25(24)34(29(26)36)20-21-8-4-3-5-9-21/h3-13,18H,2,14-17,19H2,1H3;2*3-15H,2,16-20H2,1H3. The number of pyridine rings is 3. The van der Waals surface area contributed by atoms with Crippen molar-refractivity contribution in [3.05, 3.63) is 333 Å². The number of esters is 3. The van der Waals surface area contributed by atoms with Crippen molar-refractivity contribution >= 4 is 120 Å². The number of fused-ring (bicyclic) bond motifs is 3. The predicted molar refractivity (Wildman–Crippen MR) is 448 cm³/mol. The Labute approximate surface area is 677 Å². The SMILES string of the molecule is CCOC(=O)c1c(N2CCN(C(=O)c3ccc(Cl)c(Cl)c3)CC2)c2ccccc2n(Cc2ccccc2)c1=O.CCOC(=O)c1c(N2CCN(C(=O)c3ccc(Cl)cc3)CC2)c2ccccc2n(Cc2ccccc2)c1=O.CCOC(=O)c1c(N2CCN(C(=O)c3ccc(F)cc3)CC2)c2ccccc2n(Cc2ccccc2)c1=O. The van der Waals surface area contributed by atoms with E-state index < -0.39 is 34.8 Å². The summed E-state index contributed by atoms with van der Waals surface area (Å²) in [5.41, 5.74) is 6.94. The summed E-state index contributed by atoms with van der Waals surface area (Å²) in [4.78, 5) is 132. The van der Waals surface area contributed by atoms with E-state index in [1.165, 1.54) is 24.3 Å². The lowest BCUT2D eigenvalue weighted by atomic mass is 10.0. The molecular formula is C90H83Cl3FN9O12. The van der Waals surface area contributed by atoms with Crippen molar-refractivity contribution in [2.24, 2.45) is 0 Å². The molecule has 3 aliphatic rings. The van der Waals surface area contributed by atoms with Crippen molar-refractivity contribution in [1.29, 1.82) is 0 Å². The third-order valence-corrected chi connectivity index (χ3v) is 21.4. The van der Waals surface area contributed by atoms with Gasteiger partial charge in [0.15, 0.2) is 0 Å². The van der Waals surface area contributed by atoms with Crippen molar-refractivity contribution in [2.75, 3.05) is 113 Å². The summed E-state index contributed by atoms with van der Waals surface area (Å²) in [5, 5.41) is 3.63. The van der Waals surface area contributed by atoms with Gasteiger partial charge in [0.1, 0.15) is 22.5 Å². The quantitative estimate of drug-likeness (QED) is 0.0577. The van der Waals surface area contributed by atoms with E-state index in [-0.39, 0.29) is 59.8 Å². The van der Waals surface area contributed by atoms with Gasteiger partial charge in [0.2, 0.25) is 0 Å². The van der Waals surface area contributed by atoms with Crippen molar-refractivity contribution in [3.8, 4) is 0 Å². The molecule has 15 rings (SSSR count). The fraction of sp³-hybridized carbons (Fsp3) is 0.233. The van der Waals surface area contributed by atoms with Crippen LogP contribution in [0.15, 0.2) is 245 Å². The first-order valence-electron chi connectivity index (χ1n) is 38.0. The molecule has 25 heteroatoms. The number of rotatable bonds is 18. The van der Waals surface area contributed by atoms with E-state index in [9.17, 15) is 47.5 Å². The first kappa shape index (κ1) is 80.7. The minimum Gasteiger partial charge on any atom is -0.462 e. The molecule has 0 aliphatic carbocycles. The van der Waals surface area contributed by atoms with Gasteiger partial charge in [-0.25, -0.2) is 18.8 Å². The third kappa shape index (κ3) is 18.0. The van der Waals surface area contributed by atoms with Crippen molar-refractivity contribution in [2.45, 2.75) is 40.4 Å². The maximum Gasteiger partial charge on any atom is 0.345 e. The number of piperazine rings is 3. The molecule has 0 saturated carbocycles. The van der Waals surface area contributed by atoms with Crippen LogP contribution in [0.3, 0.4) is 0 Å². The minimum absolute atomic E-state index is 0.000192. The maximum atomic E-state index is 13.9. The summed E-state index contributed by atoms with van der Waals surface area (Å²) in [6, 6.07) is 68.9. The number of benzene rings is 9. The van der Waals surface area contributed by atoms with Crippen molar-refractivity contribution < 1.29 is 47.4 Å². The minimum atomic E-state index is -0.662. The van der Waals surface area contributed by atoms with Crippen LogP contribution in [0.25, 0.3) is 32.7 Å². The highest BCUT2D eigenvalue weighted by Gasteiger charge is 2.35. The molecule has 0 bridgehead atoms. The number of anilines is 3. The molecule has 0 unspecified atom stereocenters. The Hall–Kier alpha value is -12.4. The van der Waals surface area contributed by atoms with Gasteiger partial charge in [-0.2, -0.15) is 0 Å². The summed E-state index contributed by atoms with van der Waals surface area (Å²) in [5.74, 6) is -2.76. The molecule has 12 aromatic rings. The van der Waals surface area contributed by atoms with E-state index in [0.717, 1.165) is 43.9 Å². The highest BCUT2D eigenvalue weighted by Crippen LogP contribution is 2.36. The first-order valence-corrected chi connectivity index (χ1v) is 39.2. The Balaban J connectivity index is 0.000000150. The van der Waals surface area contributed by atoms with Gasteiger partial charge in [-0.05, 0) is 122 Å². The van der Waals surface area contributed by atoms with Crippen LogP contribution in [0.4, 0.5) is 21.5 Å². The fourth-order valence-electron chi connectivity index (χ4n) is 14.8. The van der Waals surface area contributed by atoms with Crippen LogP contribution in [0.1, 0.15) is 99.6 Å². The number of halogens is 4. The van der Waals surface area contributed by atoms with Gasteiger partial charge in [-0.15, -0.1) is 0 Å². The molecule has 3 fully saturated rings. The Morgan fingerprint density at radius 3 is 0.913 bits per heavy atom. The van der Waals surface area contributed by atoms with Gasteiger partial charge in [0, 0.05) is 116 Å². The Morgan fingerprint density at radius 1 is 0.330 bits per heavy atom. The Bertz CT molecular complexity index is 5540. The van der Waals surface area contributed by atoms with Gasteiger partial charge >= 0.3 is 17.9 Å². The van der Waals surface area contributed by atoms with Gasteiger partial charge in [-0.3, -0.25) is 28.8 Å². The van der Waals surface area contributed by atoms with E-state index in [1.807, 2.05) is 178 Å². The number of ether oxygens (including phenoxy) is 3. The monoisotopic (exact) mass is 1610 g/mol. The highest BCUT2D eigenvalue weighted by molar-refractivity contribution is 6.42. The number of para-hydroxylation sites is 3. The first-order chi connectivity index (χ1) is 55.8. The Kier molecular flexibility index (Phi) is 26.0. The molecule has 3 aliphatic heterocycles. The van der Waals surface area contributed by atoms with Crippen LogP contribution >= 0.6 is 34.8 Å². The summed E-state index contributed by atoms with van der Waals surface area (Å²) in [6.45, 7) is 11.7. The van der Waals surface area contributed by atoms with Crippen molar-refractivity contribution in [3.63, 3.8) is 0 Å². The van der Waals surface area contributed by atoms with Crippen molar-refractivity contribution in [1.82, 2.24) is 28.4 Å². The normalized spacial score (nSPS) is 13.5. The average molecular weight is 1610 g/mol. The van der Waals surface area contributed by atoms with E-state index in [2.05, 4.69) is 0 Å². The lowest BCUT2D eigenvalue weighted by Gasteiger charge is -2.37. The van der Waals surface area contributed by atoms with Crippen LogP contribution in [0.5, 0.6) is 0 Å². The van der Waals surface area contributed by atoms with Crippen LogP contribution in [-0.4, -0.2) is 162 Å². The maximum absolute atomic E-state index is 13.9. The lowest BCUT2D eigenvalue weighted by Crippen LogP contribution is -2.49. The smallest absolute Gasteiger partial charge is 0.345 e. The number of carbonyl (C=O) groups is 6. The van der Waals surface area contributed by atoms with Crippen LogP contribution < -0.4 is 31.4 Å².